The molecule has 14 nitrogen and oxygen atoms in total. The molecule has 5 amide bonds. The van der Waals surface area contributed by atoms with Gasteiger partial charge < -0.3 is 42.2 Å². The Bertz CT molecular complexity index is 1670. The molecule has 0 bridgehead atoms. The van der Waals surface area contributed by atoms with Crippen LogP contribution in [0.2, 0.25) is 0 Å². The van der Waals surface area contributed by atoms with E-state index in [4.69, 9.17) is 5.73 Å². The van der Waals surface area contributed by atoms with Crippen molar-refractivity contribution in [3.05, 3.63) is 65.7 Å². The highest BCUT2D eigenvalue weighted by Gasteiger charge is 2.35. The first-order valence-corrected chi connectivity index (χ1v) is 19.4. The molecule has 0 saturated heterocycles. The second kappa shape index (κ2) is 22.7. The summed E-state index contributed by atoms with van der Waals surface area (Å²) in [4.78, 5) is 79.3. The van der Waals surface area contributed by atoms with Gasteiger partial charge in [-0.2, -0.15) is 0 Å². The van der Waals surface area contributed by atoms with E-state index in [1.165, 1.54) is 0 Å². The van der Waals surface area contributed by atoms with Crippen LogP contribution in [0.5, 0.6) is 5.75 Å². The van der Waals surface area contributed by atoms with E-state index >= 15 is 0 Å². The topological polar surface area (TPSA) is 218 Å². The molecule has 8 N–H and O–H groups in total. The summed E-state index contributed by atoms with van der Waals surface area (Å²) >= 11 is 0. The normalized spacial score (nSPS) is 15.3. The molecule has 7 atom stereocenters. The minimum Gasteiger partial charge on any atom is -0.480 e. The van der Waals surface area contributed by atoms with Gasteiger partial charge in [-0.15, -0.1) is 13.2 Å². The van der Waals surface area contributed by atoms with Crippen LogP contribution in [0.15, 0.2) is 54.6 Å². The van der Waals surface area contributed by atoms with Crippen LogP contribution in [0.1, 0.15) is 90.6 Å². The maximum Gasteiger partial charge on any atom is 0.573 e. The van der Waals surface area contributed by atoms with Gasteiger partial charge in [-0.3, -0.25) is 24.0 Å². The number of carboxylic acid groups (broad SMARTS) is 1. The van der Waals surface area contributed by atoms with Crippen molar-refractivity contribution in [3.63, 3.8) is 0 Å². The molecular weight excluding hydrogens is 761 g/mol. The van der Waals surface area contributed by atoms with Gasteiger partial charge in [-0.1, -0.05) is 92.1 Å². The molecule has 17 heteroatoms. The van der Waals surface area contributed by atoms with Crippen LogP contribution in [0.25, 0.3) is 0 Å². The summed E-state index contributed by atoms with van der Waals surface area (Å²) in [7, 11) is 0. The predicted molar refractivity (Wildman–Crippen MR) is 211 cm³/mol. The molecule has 2 rings (SSSR count). The Morgan fingerprint density at radius 3 is 1.78 bits per heavy atom. The fourth-order valence-corrected chi connectivity index (χ4v) is 6.04. The summed E-state index contributed by atoms with van der Waals surface area (Å²) in [5, 5.41) is 23.1. The van der Waals surface area contributed by atoms with Crippen LogP contribution in [0, 0.1) is 23.7 Å². The Kier molecular flexibility index (Phi) is 19.1. The molecule has 322 valence electrons. The van der Waals surface area contributed by atoms with Crippen molar-refractivity contribution in [3.8, 4) is 5.75 Å². The van der Waals surface area contributed by atoms with E-state index in [9.17, 15) is 47.0 Å². The highest BCUT2D eigenvalue weighted by atomic mass is 19.4. The molecule has 2 aromatic rings. The second-order valence-corrected chi connectivity index (χ2v) is 15.6. The molecular formula is C41H59F3N6O8. The quantitative estimate of drug-likeness (QED) is 0.0910. The lowest BCUT2D eigenvalue weighted by Gasteiger charge is -2.31. The lowest BCUT2D eigenvalue weighted by molar-refractivity contribution is -0.274. The zero-order chi connectivity index (χ0) is 43.9. The van der Waals surface area contributed by atoms with Crippen molar-refractivity contribution in [2.24, 2.45) is 29.4 Å². The van der Waals surface area contributed by atoms with Gasteiger partial charge in [0.25, 0.3) is 5.91 Å². The first-order valence-electron chi connectivity index (χ1n) is 19.4. The third-order valence-electron chi connectivity index (χ3n) is 9.53. The molecule has 0 aliphatic rings. The number of carboxylic acids is 1. The van der Waals surface area contributed by atoms with Crippen molar-refractivity contribution >= 4 is 35.5 Å². The van der Waals surface area contributed by atoms with E-state index < -0.39 is 95.7 Å². The highest BCUT2D eigenvalue weighted by Crippen LogP contribution is 2.23. The molecule has 0 spiro atoms. The number of halogens is 3. The molecule has 0 radical (unpaired) electrons. The standard InChI is InChI=1S/C41H59F3N6O8/c1-9-25(8)35(39(55)50-34(24(6)7)40(56)57)48-32(51)21-29(45)30(20-26-13-11-10-12-14-26)46-38(54)33(23(4)5)49-37(53)31(19-22(2)3)47-36(52)27-15-17-28(18-16-27)58-41(42,43)44/h10-18,22-25,29-31,33-35H,9,19-21,45H2,1-8H3,(H,46,54)(H,47,52)(H,48,51)(H,49,53)(H,50,55)(H,56,57)/t25-,29-,30-,31-,33?,34?,35-/m0/s1. The van der Waals surface area contributed by atoms with Gasteiger partial charge in [0.1, 0.15) is 29.9 Å². The van der Waals surface area contributed by atoms with E-state index in [-0.39, 0.29) is 36.7 Å². The number of carbonyl (C=O) groups excluding carboxylic acids is 5. The van der Waals surface area contributed by atoms with Crippen LogP contribution in [0.4, 0.5) is 13.2 Å². The van der Waals surface area contributed by atoms with Crippen molar-refractivity contribution in [1.29, 1.82) is 0 Å². The summed E-state index contributed by atoms with van der Waals surface area (Å²) in [6.45, 7) is 13.9. The molecule has 0 saturated carbocycles. The number of carbonyl (C=O) groups is 6. The molecule has 0 fully saturated rings. The summed E-state index contributed by atoms with van der Waals surface area (Å²) in [5.41, 5.74) is 7.38. The first-order chi connectivity index (χ1) is 27.0. The third-order valence-corrected chi connectivity index (χ3v) is 9.53. The lowest BCUT2D eigenvalue weighted by Crippen LogP contribution is -2.60. The first kappa shape index (κ1) is 49.0. The van der Waals surface area contributed by atoms with Gasteiger partial charge in [-0.25, -0.2) is 4.79 Å². The maximum atomic E-state index is 14.0. The van der Waals surface area contributed by atoms with Gasteiger partial charge in [-0.05, 0) is 66.3 Å². The van der Waals surface area contributed by atoms with Gasteiger partial charge in [0, 0.05) is 24.1 Å². The number of rotatable bonds is 22. The highest BCUT2D eigenvalue weighted by molar-refractivity contribution is 5.98. The van der Waals surface area contributed by atoms with Crippen LogP contribution in [-0.2, 0) is 30.4 Å². The zero-order valence-electron chi connectivity index (χ0n) is 34.3. The lowest BCUT2D eigenvalue weighted by atomic mass is 9.94. The monoisotopic (exact) mass is 820 g/mol. The molecule has 2 aromatic carbocycles. The SMILES string of the molecule is CC[C@H](C)[C@H](NC(=O)C[C@H](N)[C@H](Cc1ccccc1)NC(=O)C(NC(=O)[C@H](CC(C)C)NC(=O)c1ccc(OC(F)(F)F)cc1)C(C)C)C(=O)NC(C(=O)O)C(C)C. The smallest absolute Gasteiger partial charge is 0.480 e. The number of hydrogen-bond acceptors (Lipinski definition) is 8. The van der Waals surface area contributed by atoms with E-state index in [0.29, 0.717) is 6.42 Å². The number of nitrogens with one attached hydrogen (secondary N) is 5. The molecule has 0 aromatic heterocycles. The zero-order valence-corrected chi connectivity index (χ0v) is 34.3. The van der Waals surface area contributed by atoms with E-state index in [1.54, 1.807) is 46.8 Å². The van der Waals surface area contributed by atoms with Crippen molar-refractivity contribution < 1.29 is 51.8 Å². The minimum atomic E-state index is -4.91. The van der Waals surface area contributed by atoms with Gasteiger partial charge in [0.05, 0.1) is 0 Å². The maximum absolute atomic E-state index is 14.0. The van der Waals surface area contributed by atoms with Crippen LogP contribution < -0.4 is 37.1 Å². The summed E-state index contributed by atoms with van der Waals surface area (Å²) in [6, 6.07) is 6.95. The van der Waals surface area contributed by atoms with Gasteiger partial charge >= 0.3 is 12.3 Å². The average Bonchev–Trinajstić information content (AvgIpc) is 3.13. The number of hydrogen-bond donors (Lipinski definition) is 7. The molecule has 0 heterocycles. The Labute approximate surface area is 338 Å². The number of benzene rings is 2. The van der Waals surface area contributed by atoms with Gasteiger partial charge in [0.2, 0.25) is 23.6 Å². The number of ether oxygens (including phenoxy) is 1. The summed E-state index contributed by atoms with van der Waals surface area (Å²) < 4.78 is 41.7. The second-order valence-electron chi connectivity index (χ2n) is 15.6. The minimum absolute atomic E-state index is 0.0212. The number of aliphatic carboxylic acids is 1. The Hall–Kier alpha value is -5.19. The Morgan fingerprint density at radius 2 is 1.28 bits per heavy atom. The van der Waals surface area contributed by atoms with Crippen LogP contribution in [0.3, 0.4) is 0 Å². The molecule has 2 unspecified atom stereocenters. The van der Waals surface area contributed by atoms with Gasteiger partial charge in [0.15, 0.2) is 0 Å². The van der Waals surface area contributed by atoms with Crippen molar-refractivity contribution in [2.45, 2.75) is 124 Å². The Balaban J connectivity index is 2.28. The van der Waals surface area contributed by atoms with E-state index in [1.807, 2.05) is 39.0 Å². The third kappa shape index (κ3) is 16.3. The molecule has 0 aliphatic carbocycles. The summed E-state index contributed by atoms with van der Waals surface area (Å²) in [6.07, 6.45) is -4.38. The Morgan fingerprint density at radius 1 is 0.724 bits per heavy atom. The predicted octanol–water partition coefficient (Wildman–Crippen LogP) is 4.07. The number of alkyl halides is 3. The molecule has 0 aliphatic heterocycles. The van der Waals surface area contributed by atoms with Crippen molar-refractivity contribution in [1.82, 2.24) is 26.6 Å². The number of nitrogens with two attached hydrogens (primary N) is 1. The molecule has 58 heavy (non-hydrogen) atoms. The average molecular weight is 821 g/mol. The summed E-state index contributed by atoms with van der Waals surface area (Å²) in [5.74, 6) is -6.32. The largest absolute Gasteiger partial charge is 0.573 e. The van der Waals surface area contributed by atoms with Crippen LogP contribution >= 0.6 is 0 Å². The van der Waals surface area contributed by atoms with Crippen LogP contribution in [-0.4, -0.2) is 83.2 Å². The van der Waals surface area contributed by atoms with E-state index in [0.717, 1.165) is 29.8 Å². The number of amides is 5. The fraction of sp³-hybridized carbons (Fsp3) is 0.561. The van der Waals surface area contributed by atoms with E-state index in [2.05, 4.69) is 31.3 Å². The van der Waals surface area contributed by atoms with Crippen molar-refractivity contribution in [2.75, 3.05) is 0 Å². The fourth-order valence-electron chi connectivity index (χ4n) is 6.04.